The number of amides is 1. The number of halogens is 1. The van der Waals surface area contributed by atoms with Crippen LogP contribution >= 0.6 is 11.6 Å². The molecule has 19 heavy (non-hydrogen) atoms. The van der Waals surface area contributed by atoms with Crippen molar-refractivity contribution in [3.8, 4) is 0 Å². The molecule has 5 nitrogen and oxygen atoms in total. The Kier molecular flexibility index (Phi) is 3.76. The number of hydrogen-bond acceptors (Lipinski definition) is 3. The van der Waals surface area contributed by atoms with Crippen LogP contribution in [0.3, 0.4) is 0 Å². The first-order valence-electron chi connectivity index (χ1n) is 5.82. The van der Waals surface area contributed by atoms with Crippen LogP contribution < -0.4 is 5.73 Å². The summed E-state index contributed by atoms with van der Waals surface area (Å²) >= 11 is 5.85. The summed E-state index contributed by atoms with van der Waals surface area (Å²) in [4.78, 5) is 13.9. The van der Waals surface area contributed by atoms with Crippen molar-refractivity contribution in [3.05, 3.63) is 46.7 Å². The molecule has 6 heteroatoms. The van der Waals surface area contributed by atoms with Crippen LogP contribution in [0.15, 0.2) is 30.5 Å². The Labute approximate surface area is 116 Å². The van der Waals surface area contributed by atoms with Gasteiger partial charge in [-0.3, -0.25) is 9.89 Å². The lowest BCUT2D eigenvalue weighted by atomic mass is 10.1. The lowest BCUT2D eigenvalue weighted by Crippen LogP contribution is -2.30. The molecule has 1 aromatic carbocycles. The molecule has 1 aromatic heterocycles. The van der Waals surface area contributed by atoms with Crippen molar-refractivity contribution in [2.45, 2.75) is 13.0 Å². The second-order valence-corrected chi connectivity index (χ2v) is 4.78. The quantitative estimate of drug-likeness (QED) is 0.906. The zero-order valence-corrected chi connectivity index (χ0v) is 11.5. The largest absolute Gasteiger partial charge is 0.396 e. The van der Waals surface area contributed by atoms with Gasteiger partial charge in [0, 0.05) is 12.1 Å². The molecule has 2 aromatic rings. The second kappa shape index (κ2) is 5.32. The Balaban J connectivity index is 2.19. The first kappa shape index (κ1) is 13.4. The molecule has 1 atom stereocenters. The molecule has 1 amide bonds. The van der Waals surface area contributed by atoms with Crippen molar-refractivity contribution in [1.29, 1.82) is 0 Å². The summed E-state index contributed by atoms with van der Waals surface area (Å²) in [7, 11) is 1.72. The van der Waals surface area contributed by atoms with E-state index in [9.17, 15) is 4.79 Å². The van der Waals surface area contributed by atoms with Crippen molar-refractivity contribution < 1.29 is 4.79 Å². The van der Waals surface area contributed by atoms with E-state index in [1.807, 2.05) is 19.1 Å². The maximum absolute atomic E-state index is 12.3. The highest BCUT2D eigenvalue weighted by Gasteiger charge is 2.21. The number of aromatic amines is 1. The number of nitrogens with zero attached hydrogens (tertiary/aromatic N) is 2. The fourth-order valence-corrected chi connectivity index (χ4v) is 1.91. The van der Waals surface area contributed by atoms with Crippen LogP contribution in [0, 0.1) is 0 Å². The summed E-state index contributed by atoms with van der Waals surface area (Å²) in [5.41, 5.74) is 7.33. The lowest BCUT2D eigenvalue weighted by Gasteiger charge is -2.25. The number of carbonyl (C=O) groups excluding carboxylic acids is 1. The minimum atomic E-state index is -0.197. The van der Waals surface area contributed by atoms with Gasteiger partial charge < -0.3 is 10.6 Å². The number of nitrogens with two attached hydrogens (primary N) is 1. The third-order valence-corrected chi connectivity index (χ3v) is 3.39. The number of nitrogens with one attached hydrogen (secondary N) is 1. The maximum atomic E-state index is 12.3. The van der Waals surface area contributed by atoms with E-state index < -0.39 is 0 Å². The van der Waals surface area contributed by atoms with Gasteiger partial charge in [-0.1, -0.05) is 23.7 Å². The van der Waals surface area contributed by atoms with E-state index in [0.717, 1.165) is 5.56 Å². The van der Waals surface area contributed by atoms with E-state index in [0.29, 0.717) is 16.4 Å². The topological polar surface area (TPSA) is 75.0 Å². The van der Waals surface area contributed by atoms with E-state index >= 15 is 0 Å². The molecule has 3 N–H and O–H groups in total. The molecule has 2 rings (SSSR count). The summed E-state index contributed by atoms with van der Waals surface area (Å²) in [6.45, 7) is 1.94. The molecule has 0 spiro atoms. The normalized spacial score (nSPS) is 12.2. The Morgan fingerprint density at radius 2 is 2.05 bits per heavy atom. The third-order valence-electron chi connectivity index (χ3n) is 3.14. The third kappa shape index (κ3) is 2.71. The number of benzene rings is 1. The molecule has 0 aliphatic rings. The van der Waals surface area contributed by atoms with E-state index in [1.54, 1.807) is 24.1 Å². The minimum Gasteiger partial charge on any atom is -0.396 e. The average molecular weight is 279 g/mol. The number of rotatable bonds is 3. The Bertz CT molecular complexity index is 579. The highest BCUT2D eigenvalue weighted by molar-refractivity contribution is 6.30. The minimum absolute atomic E-state index is 0.0903. The maximum Gasteiger partial charge on any atom is 0.274 e. The molecule has 0 saturated carbocycles. The van der Waals surface area contributed by atoms with Gasteiger partial charge in [-0.15, -0.1) is 0 Å². The van der Waals surface area contributed by atoms with Crippen LogP contribution in [0.1, 0.15) is 29.0 Å². The van der Waals surface area contributed by atoms with Crippen molar-refractivity contribution >= 4 is 23.2 Å². The highest BCUT2D eigenvalue weighted by Crippen LogP contribution is 2.23. The first-order chi connectivity index (χ1) is 9.00. The summed E-state index contributed by atoms with van der Waals surface area (Å²) < 4.78 is 0. The molecular weight excluding hydrogens is 264 g/mol. The highest BCUT2D eigenvalue weighted by atomic mass is 35.5. The van der Waals surface area contributed by atoms with E-state index in [-0.39, 0.29) is 11.9 Å². The van der Waals surface area contributed by atoms with Crippen molar-refractivity contribution in [1.82, 2.24) is 15.1 Å². The van der Waals surface area contributed by atoms with E-state index in [2.05, 4.69) is 10.2 Å². The molecule has 0 aliphatic heterocycles. The number of carbonyl (C=O) groups is 1. The summed E-state index contributed by atoms with van der Waals surface area (Å²) in [6.07, 6.45) is 1.42. The molecule has 0 bridgehead atoms. The monoisotopic (exact) mass is 278 g/mol. The van der Waals surface area contributed by atoms with Gasteiger partial charge in [0.25, 0.3) is 5.91 Å². The Hall–Kier alpha value is -2.01. The van der Waals surface area contributed by atoms with Crippen LogP contribution in [0.25, 0.3) is 0 Å². The summed E-state index contributed by atoms with van der Waals surface area (Å²) in [6, 6.07) is 7.31. The molecule has 0 saturated heterocycles. The van der Waals surface area contributed by atoms with Gasteiger partial charge in [-0.05, 0) is 24.6 Å². The number of hydrogen-bond donors (Lipinski definition) is 2. The van der Waals surface area contributed by atoms with E-state index in [1.165, 1.54) is 6.20 Å². The van der Waals surface area contributed by atoms with Crippen LogP contribution in [-0.4, -0.2) is 28.1 Å². The fourth-order valence-electron chi connectivity index (χ4n) is 1.78. The first-order valence-corrected chi connectivity index (χ1v) is 6.20. The zero-order valence-electron chi connectivity index (χ0n) is 10.7. The fraction of sp³-hybridized carbons (Fsp3) is 0.231. The molecular formula is C13H15ClN4O. The molecule has 0 aliphatic carbocycles. The smallest absolute Gasteiger partial charge is 0.274 e. The van der Waals surface area contributed by atoms with Gasteiger partial charge in [0.05, 0.1) is 17.9 Å². The van der Waals surface area contributed by atoms with Crippen molar-refractivity contribution in [2.75, 3.05) is 12.8 Å². The Morgan fingerprint density at radius 3 is 2.58 bits per heavy atom. The van der Waals surface area contributed by atoms with Gasteiger partial charge in [0.15, 0.2) is 0 Å². The average Bonchev–Trinajstić information content (AvgIpc) is 2.83. The number of anilines is 1. The molecule has 1 unspecified atom stereocenters. The summed E-state index contributed by atoms with van der Waals surface area (Å²) in [5, 5.41) is 7.04. The predicted molar refractivity (Wildman–Crippen MR) is 75.0 cm³/mol. The van der Waals surface area contributed by atoms with Gasteiger partial charge in [-0.25, -0.2) is 0 Å². The molecule has 0 fully saturated rings. The lowest BCUT2D eigenvalue weighted by molar-refractivity contribution is 0.0737. The SMILES string of the molecule is CC(c1ccc(Cl)cc1)N(C)C(=O)c1[nH]ncc1N. The molecule has 0 radical (unpaired) electrons. The number of aromatic nitrogens is 2. The van der Waals surface area contributed by atoms with Crippen LogP contribution in [0.5, 0.6) is 0 Å². The summed E-state index contributed by atoms with van der Waals surface area (Å²) in [5.74, 6) is -0.197. The van der Waals surface area contributed by atoms with Gasteiger partial charge in [-0.2, -0.15) is 5.10 Å². The van der Waals surface area contributed by atoms with Crippen LogP contribution in [0.4, 0.5) is 5.69 Å². The number of nitrogen functional groups attached to an aromatic ring is 1. The van der Waals surface area contributed by atoms with Crippen LogP contribution in [0.2, 0.25) is 5.02 Å². The second-order valence-electron chi connectivity index (χ2n) is 4.34. The van der Waals surface area contributed by atoms with Crippen molar-refractivity contribution in [3.63, 3.8) is 0 Å². The van der Waals surface area contributed by atoms with Gasteiger partial charge in [0.1, 0.15) is 5.69 Å². The Morgan fingerprint density at radius 1 is 1.42 bits per heavy atom. The number of H-pyrrole nitrogens is 1. The zero-order chi connectivity index (χ0) is 14.0. The predicted octanol–water partition coefficient (Wildman–Crippen LogP) is 2.48. The van der Waals surface area contributed by atoms with E-state index in [4.69, 9.17) is 17.3 Å². The van der Waals surface area contributed by atoms with Crippen LogP contribution in [-0.2, 0) is 0 Å². The van der Waals surface area contributed by atoms with Gasteiger partial charge in [0.2, 0.25) is 0 Å². The molecule has 1 heterocycles. The standard InChI is InChI=1S/C13H15ClN4O/c1-8(9-3-5-10(14)6-4-9)18(2)13(19)12-11(15)7-16-17-12/h3-8H,15H2,1-2H3,(H,16,17). The van der Waals surface area contributed by atoms with Crippen molar-refractivity contribution in [2.24, 2.45) is 0 Å². The molecule has 100 valence electrons. The van der Waals surface area contributed by atoms with Gasteiger partial charge >= 0.3 is 0 Å².